The van der Waals surface area contributed by atoms with Gasteiger partial charge in [-0.3, -0.25) is 0 Å². The van der Waals surface area contributed by atoms with Crippen LogP contribution in [0.1, 0.15) is 0 Å². The maximum atomic E-state index is 0. The van der Waals surface area contributed by atoms with E-state index in [0.717, 1.165) is 0 Å². The fourth-order valence-corrected chi connectivity index (χ4v) is 0. The van der Waals surface area contributed by atoms with E-state index in [0.29, 0.717) is 0 Å². The Morgan fingerprint density at radius 2 is 0.600 bits per heavy atom. The van der Waals surface area contributed by atoms with E-state index in [1.807, 2.05) is 0 Å². The Labute approximate surface area is 65.0 Å². The number of hydrogen-bond acceptors (Lipinski definition) is 0. The minimum absolute atomic E-state index is 0. The summed E-state index contributed by atoms with van der Waals surface area (Å²) in [6.45, 7) is 0. The molecule has 0 spiro atoms. The van der Waals surface area contributed by atoms with Gasteiger partial charge in [0.1, 0.15) is 0 Å². The molecule has 0 saturated carbocycles. The summed E-state index contributed by atoms with van der Waals surface area (Å²) in [5.41, 5.74) is 0. The molecule has 0 rings (SSSR count). The van der Waals surface area contributed by atoms with Gasteiger partial charge in [0.15, 0.2) is 0 Å². The molecule has 0 aliphatic carbocycles. The first kappa shape index (κ1) is 80.4. The van der Waals surface area contributed by atoms with E-state index in [1.54, 1.807) is 0 Å². The summed E-state index contributed by atoms with van der Waals surface area (Å²) in [4.78, 5) is 0. The fourth-order valence-electron chi connectivity index (χ4n) is 0. The van der Waals surface area contributed by atoms with Crippen LogP contribution >= 0.6 is 0 Å². The third-order valence-corrected chi connectivity index (χ3v) is 0. The van der Waals surface area contributed by atoms with E-state index in [1.165, 1.54) is 0 Å². The summed E-state index contributed by atoms with van der Waals surface area (Å²) in [5.74, 6) is 0. The molecule has 0 aliphatic rings. The van der Waals surface area contributed by atoms with Crippen LogP contribution in [0.3, 0.4) is 0 Å². The SMILES string of the molecule is [Li+].[Li+].[Ni+2].[O-2].[O-2]. The van der Waals surface area contributed by atoms with E-state index in [-0.39, 0.29) is 65.2 Å². The van der Waals surface area contributed by atoms with Gasteiger partial charge in [-0.05, 0) is 0 Å². The van der Waals surface area contributed by atoms with Crippen LogP contribution in [-0.2, 0) is 27.4 Å². The van der Waals surface area contributed by atoms with Crippen molar-refractivity contribution in [2.45, 2.75) is 0 Å². The molecule has 0 fully saturated rings. The first-order chi connectivity index (χ1) is 0. The topological polar surface area (TPSA) is 57.0 Å². The van der Waals surface area contributed by atoms with Gasteiger partial charge in [-0.25, -0.2) is 0 Å². The monoisotopic (exact) mass is 104 g/mol. The van der Waals surface area contributed by atoms with E-state index in [4.69, 9.17) is 0 Å². The molecule has 0 bridgehead atoms. The van der Waals surface area contributed by atoms with Crippen LogP contribution in [0, 0.1) is 0 Å². The minimum atomic E-state index is 0. The fraction of sp³-hybridized carbons (Fsp3) is 0. The molecule has 0 atom stereocenters. The van der Waals surface area contributed by atoms with Crippen molar-refractivity contribution in [1.82, 2.24) is 0 Å². The zero-order valence-corrected chi connectivity index (χ0v) is 4.12. The third kappa shape index (κ3) is 28.2. The smallest absolute Gasteiger partial charge is 2.00 e. The van der Waals surface area contributed by atoms with E-state index >= 15 is 0 Å². The Morgan fingerprint density at radius 3 is 0.600 bits per heavy atom. The maximum absolute atomic E-state index is 0. The molecule has 0 radical (unpaired) electrons. The number of hydrogen-bond donors (Lipinski definition) is 0. The van der Waals surface area contributed by atoms with Crippen LogP contribution in [0.2, 0.25) is 0 Å². The van der Waals surface area contributed by atoms with Gasteiger partial charge in [-0.15, -0.1) is 0 Å². The van der Waals surface area contributed by atoms with Crippen molar-refractivity contribution >= 4 is 0 Å². The van der Waals surface area contributed by atoms with Crippen molar-refractivity contribution in [3.63, 3.8) is 0 Å². The molecule has 0 aromatic carbocycles. The molecule has 0 amide bonds. The Bertz CT molecular complexity index is 7.61. The van der Waals surface area contributed by atoms with Gasteiger partial charge in [0.05, 0.1) is 0 Å². The van der Waals surface area contributed by atoms with Gasteiger partial charge in [0.25, 0.3) is 0 Å². The average Bonchev–Trinajstić information content (AvgIpc) is 0. The van der Waals surface area contributed by atoms with Gasteiger partial charge in [0.2, 0.25) is 0 Å². The van der Waals surface area contributed by atoms with E-state index in [2.05, 4.69) is 0 Å². The van der Waals surface area contributed by atoms with Crippen molar-refractivity contribution in [2.75, 3.05) is 0 Å². The molecule has 24 valence electrons. The average molecular weight is 105 g/mol. The standard InChI is InChI=1S/2Li.Ni.2O/q2*+1;+2;2*-2. The molecule has 0 saturated heterocycles. The van der Waals surface area contributed by atoms with Gasteiger partial charge in [0, 0.05) is 0 Å². The Balaban J connectivity index is 0. The van der Waals surface area contributed by atoms with E-state index in [9.17, 15) is 0 Å². The van der Waals surface area contributed by atoms with Crippen molar-refractivity contribution in [1.29, 1.82) is 0 Å². The van der Waals surface area contributed by atoms with Gasteiger partial charge in [-0.1, -0.05) is 0 Å². The van der Waals surface area contributed by atoms with Crippen molar-refractivity contribution in [3.8, 4) is 0 Å². The molecule has 5 heavy (non-hydrogen) atoms. The molecule has 0 N–H and O–H groups in total. The Morgan fingerprint density at radius 1 is 0.600 bits per heavy atom. The van der Waals surface area contributed by atoms with Gasteiger partial charge in [-0.2, -0.15) is 0 Å². The summed E-state index contributed by atoms with van der Waals surface area (Å²) in [6.07, 6.45) is 0. The van der Waals surface area contributed by atoms with E-state index < -0.39 is 0 Å². The van der Waals surface area contributed by atoms with Crippen molar-refractivity contribution < 1.29 is 65.2 Å². The van der Waals surface area contributed by atoms with Crippen LogP contribution < -0.4 is 37.7 Å². The van der Waals surface area contributed by atoms with Gasteiger partial charge < -0.3 is 11.0 Å². The third-order valence-electron chi connectivity index (χ3n) is 0. The largest absolute Gasteiger partial charge is 2.00 e. The molecule has 0 aromatic rings. The van der Waals surface area contributed by atoms with Crippen LogP contribution in [0.15, 0.2) is 0 Å². The van der Waals surface area contributed by atoms with Crippen molar-refractivity contribution in [3.05, 3.63) is 0 Å². The Kier molecular flexibility index (Phi) is 740. The second kappa shape index (κ2) is 46.0. The number of rotatable bonds is 0. The van der Waals surface area contributed by atoms with Gasteiger partial charge >= 0.3 is 54.2 Å². The summed E-state index contributed by atoms with van der Waals surface area (Å²) >= 11 is 0. The molecule has 0 unspecified atom stereocenters. The predicted octanol–water partition coefficient (Wildman–Crippen LogP) is -6.23. The first-order valence-electron chi connectivity index (χ1n) is 0. The maximum Gasteiger partial charge on any atom is 2.00 e. The summed E-state index contributed by atoms with van der Waals surface area (Å²) in [6, 6.07) is 0. The summed E-state index contributed by atoms with van der Waals surface area (Å²) < 4.78 is 0. The zero-order valence-electron chi connectivity index (χ0n) is 3.13. The molecule has 2 nitrogen and oxygen atoms in total. The summed E-state index contributed by atoms with van der Waals surface area (Å²) in [7, 11) is 0. The molecule has 0 heterocycles. The molecule has 0 aromatic heterocycles. The normalized spacial score (nSPS) is 0. The van der Waals surface area contributed by atoms with Crippen LogP contribution in [0.4, 0.5) is 0 Å². The summed E-state index contributed by atoms with van der Waals surface area (Å²) in [5, 5.41) is 0. The zero-order chi connectivity index (χ0) is 0. The molecule has 0 aliphatic heterocycles. The van der Waals surface area contributed by atoms with Crippen LogP contribution in [0.25, 0.3) is 0 Å². The first-order valence-corrected chi connectivity index (χ1v) is 0. The van der Waals surface area contributed by atoms with Crippen molar-refractivity contribution in [2.24, 2.45) is 0 Å². The minimum Gasteiger partial charge on any atom is -2.00 e. The Hall–Kier alpha value is 1.61. The predicted molar refractivity (Wildman–Crippen MR) is 1.37 cm³/mol. The second-order valence-corrected chi connectivity index (χ2v) is 0. The quantitative estimate of drug-likeness (QED) is 0.275. The molecular formula is Li2NiO2. The van der Waals surface area contributed by atoms with Crippen LogP contribution in [0.5, 0.6) is 0 Å². The molecular weight excluding hydrogens is 105 g/mol. The van der Waals surface area contributed by atoms with Crippen LogP contribution in [-0.4, -0.2) is 0 Å². The second-order valence-electron chi connectivity index (χ2n) is 0. The molecule has 5 heteroatoms.